The summed E-state index contributed by atoms with van der Waals surface area (Å²) in [5, 5.41) is 7.40. The first kappa shape index (κ1) is 37.7. The van der Waals surface area contributed by atoms with E-state index in [0.29, 0.717) is 0 Å². The van der Waals surface area contributed by atoms with Gasteiger partial charge in [-0.1, -0.05) is 158 Å². The Morgan fingerprint density at radius 1 is 0.631 bits per heavy atom. The molecule has 3 aliphatic carbocycles. The van der Waals surface area contributed by atoms with E-state index in [1.54, 1.807) is 0 Å². The lowest BCUT2D eigenvalue weighted by Gasteiger charge is -2.30. The van der Waals surface area contributed by atoms with Crippen LogP contribution in [0.15, 0.2) is 204 Å². The van der Waals surface area contributed by atoms with Gasteiger partial charge in [-0.3, -0.25) is 0 Å². The number of amidine groups is 1. The molecule has 0 N–H and O–H groups in total. The number of hydrogen-bond donors (Lipinski definition) is 0. The van der Waals surface area contributed by atoms with Gasteiger partial charge in [0.15, 0.2) is 5.84 Å². The molecule has 1 aromatic heterocycles. The molecular formula is C61H46N4. The number of nitrogens with zero attached hydrogens (tertiary/aromatic N) is 4. The molecule has 4 heteroatoms. The van der Waals surface area contributed by atoms with Crippen molar-refractivity contribution in [3.05, 3.63) is 227 Å². The van der Waals surface area contributed by atoms with Gasteiger partial charge in [-0.05, 0) is 124 Å². The van der Waals surface area contributed by atoms with Gasteiger partial charge in [-0.2, -0.15) is 0 Å². The average Bonchev–Trinajstić information content (AvgIpc) is 3.87. The molecule has 2 heterocycles. The standard InChI is InChI=1S/C61H46N4/c1-39(40-16-3-2-4-17-40)62-61(53-26-15-25-48-46-20-7-5-18-41(46)31-34-49(48)53)63-60-47-21-8-6-19-42(47)32-35-58(60)65-57-29-14-11-24-52(57)54-37-44-36-45(33-30-43(44)38-59(54)65)64-55-27-12-9-22-50(55)51-23-10-13-28-56(51)64/h2-7,9-16,18-20,22-36,38,40,54H,8,17,21,37H2,1H3. The van der Waals surface area contributed by atoms with Crippen LogP contribution in [0.4, 0.5) is 17.1 Å². The van der Waals surface area contributed by atoms with Crippen LogP contribution in [0, 0.1) is 5.92 Å². The van der Waals surface area contributed by atoms with E-state index >= 15 is 0 Å². The minimum atomic E-state index is 0.192. The number of allylic oxidation sites excluding steroid dienone is 6. The van der Waals surface area contributed by atoms with Crippen molar-refractivity contribution in [3.63, 3.8) is 0 Å². The molecule has 8 aromatic carbocycles. The maximum absolute atomic E-state index is 5.88. The number of rotatable bonds is 5. The Morgan fingerprint density at radius 2 is 1.40 bits per heavy atom. The monoisotopic (exact) mass is 834 g/mol. The Bertz CT molecular complexity index is 3590. The molecule has 0 fully saturated rings. The Hall–Kier alpha value is -7.82. The largest absolute Gasteiger partial charge is 0.311 e. The topological polar surface area (TPSA) is 32.9 Å². The molecule has 0 saturated heterocycles. The third-order valence-corrected chi connectivity index (χ3v) is 14.3. The van der Waals surface area contributed by atoms with E-state index in [1.807, 2.05) is 0 Å². The maximum Gasteiger partial charge on any atom is 0.160 e. The molecule has 13 rings (SSSR count). The molecule has 0 bridgehead atoms. The second-order valence-electron chi connectivity index (χ2n) is 17.9. The summed E-state index contributed by atoms with van der Waals surface area (Å²) >= 11 is 0. The lowest BCUT2D eigenvalue weighted by Crippen LogP contribution is -2.19. The summed E-state index contributed by atoms with van der Waals surface area (Å²) < 4.78 is 2.44. The highest BCUT2D eigenvalue weighted by atomic mass is 15.2. The fourth-order valence-electron chi connectivity index (χ4n) is 11.1. The van der Waals surface area contributed by atoms with Gasteiger partial charge in [0.05, 0.1) is 22.4 Å². The van der Waals surface area contributed by atoms with Gasteiger partial charge in [0.2, 0.25) is 0 Å². The summed E-state index contributed by atoms with van der Waals surface area (Å²) in [6, 6.07) is 58.1. The Labute approximate surface area is 379 Å². The minimum Gasteiger partial charge on any atom is -0.311 e. The van der Waals surface area contributed by atoms with Gasteiger partial charge in [-0.15, -0.1) is 0 Å². The summed E-state index contributed by atoms with van der Waals surface area (Å²) in [7, 11) is 0. The molecule has 4 aliphatic rings. The first-order valence-electron chi connectivity index (χ1n) is 23.1. The molecule has 2 unspecified atom stereocenters. The smallest absolute Gasteiger partial charge is 0.160 e. The number of hydrogen-bond acceptors (Lipinski definition) is 2. The fourth-order valence-corrected chi connectivity index (χ4v) is 11.1. The van der Waals surface area contributed by atoms with Gasteiger partial charge in [0, 0.05) is 51.0 Å². The molecule has 65 heavy (non-hydrogen) atoms. The van der Waals surface area contributed by atoms with Crippen molar-refractivity contribution in [1.82, 2.24) is 4.57 Å². The molecule has 0 radical (unpaired) electrons. The molecule has 0 spiro atoms. The zero-order valence-electron chi connectivity index (χ0n) is 36.3. The predicted octanol–water partition coefficient (Wildman–Crippen LogP) is 15.6. The highest BCUT2D eigenvalue weighted by molar-refractivity contribution is 6.19. The van der Waals surface area contributed by atoms with Gasteiger partial charge < -0.3 is 9.47 Å². The van der Waals surface area contributed by atoms with Crippen LogP contribution in [0.25, 0.3) is 61.2 Å². The molecule has 9 aromatic rings. The van der Waals surface area contributed by atoms with E-state index in [-0.39, 0.29) is 11.8 Å². The van der Waals surface area contributed by atoms with Crippen molar-refractivity contribution in [2.24, 2.45) is 15.9 Å². The second kappa shape index (κ2) is 15.2. The average molecular weight is 835 g/mol. The van der Waals surface area contributed by atoms with Gasteiger partial charge in [-0.25, -0.2) is 9.98 Å². The maximum atomic E-state index is 5.88. The molecule has 310 valence electrons. The van der Waals surface area contributed by atoms with E-state index in [0.717, 1.165) is 59.6 Å². The fraction of sp³-hybridized carbons (Fsp3) is 0.115. The number of aliphatic imine (C=N–C) groups is 2. The van der Waals surface area contributed by atoms with Crippen LogP contribution in [0.3, 0.4) is 0 Å². The minimum absolute atomic E-state index is 0.192. The first-order chi connectivity index (χ1) is 32.2. The van der Waals surface area contributed by atoms with Gasteiger partial charge in [0.25, 0.3) is 0 Å². The number of para-hydroxylation sites is 3. The third kappa shape index (κ3) is 6.12. The van der Waals surface area contributed by atoms with E-state index in [9.17, 15) is 0 Å². The van der Waals surface area contributed by atoms with Crippen molar-refractivity contribution in [3.8, 4) is 5.69 Å². The molecule has 0 amide bonds. The zero-order valence-corrected chi connectivity index (χ0v) is 36.3. The van der Waals surface area contributed by atoms with Crippen molar-refractivity contribution >= 4 is 84.1 Å². The number of anilines is 2. The lowest BCUT2D eigenvalue weighted by molar-refractivity contribution is 0.797. The Morgan fingerprint density at radius 3 is 2.25 bits per heavy atom. The lowest BCUT2D eigenvalue weighted by atomic mass is 9.84. The van der Waals surface area contributed by atoms with Crippen LogP contribution >= 0.6 is 0 Å². The highest BCUT2D eigenvalue weighted by Crippen LogP contribution is 2.55. The van der Waals surface area contributed by atoms with E-state index in [1.165, 1.54) is 82.9 Å². The molecule has 4 nitrogen and oxygen atoms in total. The quantitative estimate of drug-likeness (QED) is 0.0966. The summed E-state index contributed by atoms with van der Waals surface area (Å²) in [5.41, 5.74) is 16.9. The first-order valence-corrected chi connectivity index (χ1v) is 23.1. The number of benzene rings is 8. The molecule has 0 saturated carbocycles. The Balaban J connectivity index is 1.01. The van der Waals surface area contributed by atoms with E-state index in [2.05, 4.69) is 217 Å². The summed E-state index contributed by atoms with van der Waals surface area (Å²) in [5.74, 6) is 1.15. The number of fused-ring (bicyclic) bond motifs is 11. The predicted molar refractivity (Wildman–Crippen MR) is 275 cm³/mol. The van der Waals surface area contributed by atoms with E-state index in [4.69, 9.17) is 9.98 Å². The van der Waals surface area contributed by atoms with Crippen molar-refractivity contribution < 1.29 is 0 Å². The summed E-state index contributed by atoms with van der Waals surface area (Å²) in [6.45, 7) is 2.17. The number of aromatic nitrogens is 1. The van der Waals surface area contributed by atoms with Crippen molar-refractivity contribution in [2.45, 2.75) is 38.5 Å². The van der Waals surface area contributed by atoms with Crippen LogP contribution in [0.5, 0.6) is 0 Å². The molecule has 2 atom stereocenters. The van der Waals surface area contributed by atoms with E-state index < -0.39 is 0 Å². The Kier molecular flexibility index (Phi) is 8.80. The second-order valence-corrected chi connectivity index (χ2v) is 17.9. The van der Waals surface area contributed by atoms with Crippen LogP contribution in [-0.4, -0.2) is 16.1 Å². The third-order valence-electron chi connectivity index (χ3n) is 14.3. The SMILES string of the molecule is CC(=NC(=Nc1c(N2C3=Cc4ccc(-n5c6ccccc6c6ccccc65)cc4CC3c3ccccc32)ccc2c1CCC=C2)c1cccc2c1ccc1ccccc12)C1C=CC=CC1. The van der Waals surface area contributed by atoms with Crippen LogP contribution < -0.4 is 4.90 Å². The highest BCUT2D eigenvalue weighted by Gasteiger charge is 2.38. The summed E-state index contributed by atoms with van der Waals surface area (Å²) in [6.07, 6.45) is 19.6. The molecular weight excluding hydrogens is 789 g/mol. The van der Waals surface area contributed by atoms with Crippen LogP contribution in [-0.2, 0) is 12.8 Å². The normalized spacial score (nSPS) is 17.7. The molecule has 1 aliphatic heterocycles. The zero-order chi connectivity index (χ0) is 43.0. The van der Waals surface area contributed by atoms with Gasteiger partial charge >= 0.3 is 0 Å². The van der Waals surface area contributed by atoms with Crippen LogP contribution in [0.1, 0.15) is 59.1 Å². The van der Waals surface area contributed by atoms with Crippen LogP contribution in [0.2, 0.25) is 0 Å². The van der Waals surface area contributed by atoms with Crippen molar-refractivity contribution in [2.75, 3.05) is 4.90 Å². The summed E-state index contributed by atoms with van der Waals surface area (Å²) in [4.78, 5) is 14.0. The van der Waals surface area contributed by atoms with Crippen molar-refractivity contribution in [1.29, 1.82) is 0 Å². The van der Waals surface area contributed by atoms with Gasteiger partial charge in [0.1, 0.15) is 0 Å².